The molecule has 0 radical (unpaired) electrons. The van der Waals surface area contributed by atoms with Crippen molar-refractivity contribution in [3.63, 3.8) is 0 Å². The van der Waals surface area contributed by atoms with E-state index < -0.39 is 0 Å². The van der Waals surface area contributed by atoms with Gasteiger partial charge in [0.1, 0.15) is 0 Å². The van der Waals surface area contributed by atoms with Gasteiger partial charge in [0.25, 0.3) is 0 Å². The van der Waals surface area contributed by atoms with Crippen molar-refractivity contribution in [2.45, 2.75) is 63.5 Å². The molecule has 0 bridgehead atoms. The molecule has 2 amide bonds. The van der Waals surface area contributed by atoms with Gasteiger partial charge in [0.15, 0.2) is 0 Å². The van der Waals surface area contributed by atoms with Crippen LogP contribution in [0, 0.1) is 11.8 Å². The van der Waals surface area contributed by atoms with Crippen molar-refractivity contribution in [2.75, 3.05) is 13.1 Å². The summed E-state index contributed by atoms with van der Waals surface area (Å²) in [5.74, 6) is 0.656. The van der Waals surface area contributed by atoms with Crippen molar-refractivity contribution in [3.05, 3.63) is 0 Å². The highest BCUT2D eigenvalue weighted by Gasteiger charge is 2.37. The SMILES string of the molecule is NC1CCC(NC(=O)C2CCCN(C(=O)C3CC3)C2)CC1. The first-order chi connectivity index (χ1) is 10.1. The fourth-order valence-corrected chi connectivity index (χ4v) is 3.56. The molecule has 1 heterocycles. The van der Waals surface area contributed by atoms with E-state index in [2.05, 4.69) is 5.32 Å². The van der Waals surface area contributed by atoms with Gasteiger partial charge >= 0.3 is 0 Å². The van der Waals surface area contributed by atoms with Crippen LogP contribution in [0.25, 0.3) is 0 Å². The molecule has 3 rings (SSSR count). The van der Waals surface area contributed by atoms with Crippen LogP contribution in [0.2, 0.25) is 0 Å². The molecule has 5 nitrogen and oxygen atoms in total. The molecule has 3 aliphatic rings. The minimum absolute atomic E-state index is 0.0166. The molecule has 0 aromatic rings. The van der Waals surface area contributed by atoms with Gasteiger partial charge in [-0.1, -0.05) is 0 Å². The van der Waals surface area contributed by atoms with E-state index in [1.54, 1.807) is 0 Å². The molecule has 0 spiro atoms. The third kappa shape index (κ3) is 3.76. The average molecular weight is 293 g/mol. The lowest BCUT2D eigenvalue weighted by Crippen LogP contribution is -2.49. The summed E-state index contributed by atoms with van der Waals surface area (Å²) in [5, 5.41) is 3.18. The van der Waals surface area contributed by atoms with Crippen LogP contribution in [-0.2, 0) is 9.59 Å². The maximum absolute atomic E-state index is 12.4. The Hall–Kier alpha value is -1.10. The number of carbonyl (C=O) groups is 2. The van der Waals surface area contributed by atoms with Crippen LogP contribution >= 0.6 is 0 Å². The van der Waals surface area contributed by atoms with Crippen molar-refractivity contribution in [1.29, 1.82) is 0 Å². The summed E-state index contributed by atoms with van der Waals surface area (Å²) in [7, 11) is 0. The standard InChI is InChI=1S/C16H27N3O2/c17-13-5-7-14(8-6-13)18-15(20)12-2-1-9-19(10-12)16(21)11-3-4-11/h11-14H,1-10,17H2,(H,18,20). The van der Waals surface area contributed by atoms with Crippen molar-refractivity contribution < 1.29 is 9.59 Å². The molecule has 5 heteroatoms. The summed E-state index contributed by atoms with van der Waals surface area (Å²) in [5.41, 5.74) is 5.90. The number of piperidine rings is 1. The van der Waals surface area contributed by atoms with Crippen LogP contribution in [-0.4, -0.2) is 41.9 Å². The van der Waals surface area contributed by atoms with Crippen LogP contribution in [0.1, 0.15) is 51.4 Å². The van der Waals surface area contributed by atoms with Gasteiger partial charge in [-0.3, -0.25) is 9.59 Å². The Balaban J connectivity index is 1.48. The summed E-state index contributed by atoms with van der Waals surface area (Å²) >= 11 is 0. The zero-order chi connectivity index (χ0) is 14.8. The lowest BCUT2D eigenvalue weighted by Gasteiger charge is -2.34. The number of amides is 2. The predicted octanol–water partition coefficient (Wildman–Crippen LogP) is 1.02. The monoisotopic (exact) mass is 293 g/mol. The lowest BCUT2D eigenvalue weighted by molar-refractivity contribution is -0.137. The van der Waals surface area contributed by atoms with Gasteiger partial charge in [-0.2, -0.15) is 0 Å². The Morgan fingerprint density at radius 3 is 2.33 bits per heavy atom. The maximum atomic E-state index is 12.4. The number of likely N-dealkylation sites (tertiary alicyclic amines) is 1. The van der Waals surface area contributed by atoms with Gasteiger partial charge in [-0.05, 0) is 51.4 Å². The second kappa shape index (κ2) is 6.34. The molecule has 2 aliphatic carbocycles. The molecule has 2 saturated carbocycles. The van der Waals surface area contributed by atoms with Crippen molar-refractivity contribution in [2.24, 2.45) is 17.6 Å². The zero-order valence-corrected chi connectivity index (χ0v) is 12.7. The Labute approximate surface area is 126 Å². The van der Waals surface area contributed by atoms with Gasteiger partial charge in [0, 0.05) is 31.1 Å². The fourth-order valence-electron chi connectivity index (χ4n) is 3.56. The summed E-state index contributed by atoms with van der Waals surface area (Å²) in [6.07, 6.45) is 7.92. The molecule has 1 unspecified atom stereocenters. The van der Waals surface area contributed by atoms with Crippen LogP contribution in [0.3, 0.4) is 0 Å². The van der Waals surface area contributed by atoms with Crippen molar-refractivity contribution in [3.8, 4) is 0 Å². The third-order valence-corrected chi connectivity index (χ3v) is 5.15. The maximum Gasteiger partial charge on any atom is 0.225 e. The summed E-state index contributed by atoms with van der Waals surface area (Å²) in [6.45, 7) is 1.45. The number of rotatable bonds is 3. The molecular weight excluding hydrogens is 266 g/mol. The summed E-state index contributed by atoms with van der Waals surface area (Å²) < 4.78 is 0. The largest absolute Gasteiger partial charge is 0.353 e. The Morgan fingerprint density at radius 2 is 1.67 bits per heavy atom. The van der Waals surface area contributed by atoms with Crippen LogP contribution < -0.4 is 11.1 Å². The molecule has 1 atom stereocenters. The molecule has 1 saturated heterocycles. The second-order valence-corrected chi connectivity index (χ2v) is 7.02. The van der Waals surface area contributed by atoms with E-state index in [0.717, 1.165) is 57.9 Å². The van der Waals surface area contributed by atoms with E-state index in [1.165, 1.54) is 0 Å². The third-order valence-electron chi connectivity index (χ3n) is 5.15. The number of carbonyl (C=O) groups excluding carboxylic acids is 2. The lowest BCUT2D eigenvalue weighted by atomic mass is 9.90. The normalized spacial score (nSPS) is 33.6. The molecule has 3 fully saturated rings. The van der Waals surface area contributed by atoms with Crippen LogP contribution in [0.15, 0.2) is 0 Å². The Kier molecular flexibility index (Phi) is 4.48. The summed E-state index contributed by atoms with van der Waals surface area (Å²) in [4.78, 5) is 26.5. The van der Waals surface area contributed by atoms with Gasteiger partial charge in [-0.25, -0.2) is 0 Å². The van der Waals surface area contributed by atoms with Gasteiger partial charge in [0.2, 0.25) is 11.8 Å². The van der Waals surface area contributed by atoms with Gasteiger partial charge in [0.05, 0.1) is 5.92 Å². The number of nitrogens with two attached hydrogens (primary N) is 1. The molecule has 21 heavy (non-hydrogen) atoms. The van der Waals surface area contributed by atoms with Crippen LogP contribution in [0.5, 0.6) is 0 Å². The van der Waals surface area contributed by atoms with E-state index in [-0.39, 0.29) is 29.7 Å². The molecule has 0 aromatic carbocycles. The minimum atomic E-state index is -0.0166. The van der Waals surface area contributed by atoms with Crippen molar-refractivity contribution >= 4 is 11.8 Å². The summed E-state index contributed by atoms with van der Waals surface area (Å²) in [6, 6.07) is 0.589. The highest BCUT2D eigenvalue weighted by molar-refractivity contribution is 5.83. The number of nitrogens with one attached hydrogen (secondary N) is 1. The van der Waals surface area contributed by atoms with Crippen LogP contribution in [0.4, 0.5) is 0 Å². The van der Waals surface area contributed by atoms with E-state index in [1.807, 2.05) is 4.90 Å². The molecule has 1 aliphatic heterocycles. The molecule has 118 valence electrons. The molecular formula is C16H27N3O2. The minimum Gasteiger partial charge on any atom is -0.353 e. The van der Waals surface area contributed by atoms with E-state index in [4.69, 9.17) is 5.73 Å². The smallest absolute Gasteiger partial charge is 0.225 e. The molecule has 0 aromatic heterocycles. The first kappa shape index (κ1) is 14.8. The van der Waals surface area contributed by atoms with E-state index >= 15 is 0 Å². The topological polar surface area (TPSA) is 75.4 Å². The quantitative estimate of drug-likeness (QED) is 0.816. The highest BCUT2D eigenvalue weighted by atomic mass is 16.2. The number of hydrogen-bond donors (Lipinski definition) is 2. The second-order valence-electron chi connectivity index (χ2n) is 7.02. The predicted molar refractivity (Wildman–Crippen MR) is 80.4 cm³/mol. The van der Waals surface area contributed by atoms with Gasteiger partial charge < -0.3 is 16.0 Å². The first-order valence-electron chi connectivity index (χ1n) is 8.48. The van der Waals surface area contributed by atoms with E-state index in [0.29, 0.717) is 12.6 Å². The Morgan fingerprint density at radius 1 is 0.952 bits per heavy atom. The number of hydrogen-bond acceptors (Lipinski definition) is 3. The highest BCUT2D eigenvalue weighted by Crippen LogP contribution is 2.32. The van der Waals surface area contributed by atoms with Crippen molar-refractivity contribution in [1.82, 2.24) is 10.2 Å². The first-order valence-corrected chi connectivity index (χ1v) is 8.48. The fraction of sp³-hybridized carbons (Fsp3) is 0.875. The Bertz CT molecular complexity index is 400. The van der Waals surface area contributed by atoms with Gasteiger partial charge in [-0.15, -0.1) is 0 Å². The molecule has 3 N–H and O–H groups in total. The van der Waals surface area contributed by atoms with E-state index in [9.17, 15) is 9.59 Å². The zero-order valence-electron chi connectivity index (χ0n) is 12.7. The number of nitrogens with zero attached hydrogens (tertiary/aromatic N) is 1. The average Bonchev–Trinajstić information content (AvgIpc) is 3.34.